The van der Waals surface area contributed by atoms with Gasteiger partial charge in [-0.2, -0.15) is 4.98 Å². The van der Waals surface area contributed by atoms with E-state index in [0.717, 1.165) is 50.6 Å². The first-order valence-electron chi connectivity index (χ1n) is 10.1. The highest BCUT2D eigenvalue weighted by Crippen LogP contribution is 2.35. The summed E-state index contributed by atoms with van der Waals surface area (Å²) in [5.41, 5.74) is 1.31. The maximum Gasteiger partial charge on any atom is 0.229 e. The Labute approximate surface area is 155 Å². The summed E-state index contributed by atoms with van der Waals surface area (Å²) >= 11 is 0. The second-order valence-corrected chi connectivity index (χ2v) is 7.61. The molecule has 0 bridgehead atoms. The van der Waals surface area contributed by atoms with Crippen LogP contribution in [-0.4, -0.2) is 29.3 Å². The molecule has 1 aromatic carbocycles. The van der Waals surface area contributed by atoms with Crippen LogP contribution in [0.5, 0.6) is 0 Å². The SMILES string of the molecule is CCc1noc(C2CCC(NC[C@H]3CCO[C@@H]3c3ccccc3)CC2)n1. The van der Waals surface area contributed by atoms with Crippen molar-refractivity contribution in [2.75, 3.05) is 13.2 Å². The van der Waals surface area contributed by atoms with Crippen molar-refractivity contribution in [3.8, 4) is 0 Å². The van der Waals surface area contributed by atoms with Gasteiger partial charge in [0.05, 0.1) is 6.10 Å². The average Bonchev–Trinajstić information content (AvgIpc) is 3.37. The molecular formula is C21H29N3O2. The quantitative estimate of drug-likeness (QED) is 0.848. The molecule has 5 nitrogen and oxygen atoms in total. The van der Waals surface area contributed by atoms with Crippen LogP contribution in [0, 0.1) is 5.92 Å². The van der Waals surface area contributed by atoms with Crippen LogP contribution < -0.4 is 5.32 Å². The first kappa shape index (κ1) is 17.7. The van der Waals surface area contributed by atoms with E-state index in [0.29, 0.717) is 17.9 Å². The lowest BCUT2D eigenvalue weighted by molar-refractivity contribution is 0.0892. The highest BCUT2D eigenvalue weighted by Gasteiger charge is 2.31. The van der Waals surface area contributed by atoms with E-state index in [1.54, 1.807) is 0 Å². The molecule has 4 rings (SSSR count). The van der Waals surface area contributed by atoms with Crippen LogP contribution in [0.25, 0.3) is 0 Å². The molecular weight excluding hydrogens is 326 g/mol. The van der Waals surface area contributed by atoms with Gasteiger partial charge >= 0.3 is 0 Å². The Morgan fingerprint density at radius 1 is 1.08 bits per heavy atom. The van der Waals surface area contributed by atoms with E-state index >= 15 is 0 Å². The second kappa shape index (κ2) is 8.31. The summed E-state index contributed by atoms with van der Waals surface area (Å²) in [7, 11) is 0. The van der Waals surface area contributed by atoms with Gasteiger partial charge in [-0.25, -0.2) is 0 Å². The van der Waals surface area contributed by atoms with Gasteiger partial charge in [0.25, 0.3) is 0 Å². The first-order valence-corrected chi connectivity index (χ1v) is 10.1. The van der Waals surface area contributed by atoms with Crippen LogP contribution in [0.1, 0.15) is 68.3 Å². The fourth-order valence-electron chi connectivity index (χ4n) is 4.29. The maximum absolute atomic E-state index is 6.01. The van der Waals surface area contributed by atoms with Crippen molar-refractivity contribution in [1.29, 1.82) is 0 Å². The van der Waals surface area contributed by atoms with Crippen LogP contribution in [0.15, 0.2) is 34.9 Å². The van der Waals surface area contributed by atoms with E-state index in [1.165, 1.54) is 18.4 Å². The number of aromatic nitrogens is 2. The third kappa shape index (κ3) is 3.99. The zero-order valence-electron chi connectivity index (χ0n) is 15.6. The van der Waals surface area contributed by atoms with E-state index in [1.807, 2.05) is 0 Å². The average molecular weight is 355 g/mol. The minimum absolute atomic E-state index is 0.242. The number of nitrogens with zero attached hydrogens (tertiary/aromatic N) is 2. The predicted octanol–water partition coefficient (Wildman–Crippen LogP) is 4.03. The summed E-state index contributed by atoms with van der Waals surface area (Å²) in [5, 5.41) is 7.84. The Bertz CT molecular complexity index is 680. The Kier molecular flexibility index (Phi) is 5.65. The molecule has 1 N–H and O–H groups in total. The molecule has 26 heavy (non-hydrogen) atoms. The summed E-state index contributed by atoms with van der Waals surface area (Å²) in [6.45, 7) is 3.97. The summed E-state index contributed by atoms with van der Waals surface area (Å²) in [5.74, 6) is 2.67. The molecule has 0 amide bonds. The molecule has 140 valence electrons. The van der Waals surface area contributed by atoms with Gasteiger partial charge in [0.2, 0.25) is 5.89 Å². The molecule has 0 spiro atoms. The Hall–Kier alpha value is -1.72. The van der Waals surface area contributed by atoms with Crippen LogP contribution in [0.4, 0.5) is 0 Å². The fraction of sp³-hybridized carbons (Fsp3) is 0.619. The Balaban J connectivity index is 1.26. The lowest BCUT2D eigenvalue weighted by Crippen LogP contribution is -2.36. The Morgan fingerprint density at radius 3 is 2.62 bits per heavy atom. The van der Waals surface area contributed by atoms with E-state index in [-0.39, 0.29) is 6.10 Å². The minimum Gasteiger partial charge on any atom is -0.373 e. The maximum atomic E-state index is 6.01. The fourth-order valence-corrected chi connectivity index (χ4v) is 4.29. The van der Waals surface area contributed by atoms with Crippen LogP contribution in [0.3, 0.4) is 0 Å². The van der Waals surface area contributed by atoms with Gasteiger partial charge in [0.1, 0.15) is 0 Å². The standard InChI is InChI=1S/C21H29N3O2/c1-2-19-23-21(26-24-19)16-8-10-18(11-9-16)22-14-17-12-13-25-20(17)15-6-4-3-5-7-15/h3-7,16-18,20,22H,2,8-14H2,1H3/t16?,17-,18?,20-/m1/s1. The van der Waals surface area contributed by atoms with E-state index in [9.17, 15) is 0 Å². The number of benzene rings is 1. The molecule has 2 atom stereocenters. The number of nitrogens with one attached hydrogen (secondary N) is 1. The van der Waals surface area contributed by atoms with Crippen molar-refractivity contribution in [3.05, 3.63) is 47.6 Å². The molecule has 2 aromatic rings. The summed E-state index contributed by atoms with van der Waals surface area (Å²) < 4.78 is 11.4. The molecule has 0 unspecified atom stereocenters. The number of hydrogen-bond acceptors (Lipinski definition) is 5. The van der Waals surface area contributed by atoms with Crippen molar-refractivity contribution >= 4 is 0 Å². The minimum atomic E-state index is 0.242. The molecule has 2 heterocycles. The third-order valence-electron chi connectivity index (χ3n) is 5.89. The topological polar surface area (TPSA) is 60.2 Å². The first-order chi connectivity index (χ1) is 12.8. The van der Waals surface area contributed by atoms with Gasteiger partial charge in [0, 0.05) is 37.5 Å². The molecule has 1 aliphatic heterocycles. The number of ether oxygens (including phenoxy) is 1. The van der Waals surface area contributed by atoms with Gasteiger partial charge in [-0.15, -0.1) is 0 Å². The van der Waals surface area contributed by atoms with Crippen molar-refractivity contribution < 1.29 is 9.26 Å². The van der Waals surface area contributed by atoms with E-state index in [4.69, 9.17) is 9.26 Å². The highest BCUT2D eigenvalue weighted by atomic mass is 16.5. The van der Waals surface area contributed by atoms with E-state index < -0.39 is 0 Å². The van der Waals surface area contributed by atoms with Crippen molar-refractivity contribution in [2.24, 2.45) is 5.92 Å². The summed E-state index contributed by atoms with van der Waals surface area (Å²) in [6.07, 6.45) is 6.84. The number of hydrogen-bond donors (Lipinski definition) is 1. The molecule has 5 heteroatoms. The van der Waals surface area contributed by atoms with Crippen LogP contribution >= 0.6 is 0 Å². The molecule has 1 saturated heterocycles. The third-order valence-corrected chi connectivity index (χ3v) is 5.89. The molecule has 0 radical (unpaired) electrons. The molecule has 2 fully saturated rings. The zero-order chi connectivity index (χ0) is 17.8. The normalized spacial score (nSPS) is 29.1. The smallest absolute Gasteiger partial charge is 0.229 e. The number of rotatable bonds is 6. The van der Waals surface area contributed by atoms with Crippen molar-refractivity contribution in [1.82, 2.24) is 15.5 Å². The molecule has 2 aliphatic rings. The summed E-state index contributed by atoms with van der Waals surface area (Å²) in [6, 6.07) is 11.2. The van der Waals surface area contributed by atoms with Crippen molar-refractivity contribution in [3.63, 3.8) is 0 Å². The zero-order valence-corrected chi connectivity index (χ0v) is 15.6. The Morgan fingerprint density at radius 2 is 1.88 bits per heavy atom. The largest absolute Gasteiger partial charge is 0.373 e. The second-order valence-electron chi connectivity index (χ2n) is 7.61. The van der Waals surface area contributed by atoms with Crippen LogP contribution in [0.2, 0.25) is 0 Å². The van der Waals surface area contributed by atoms with Crippen LogP contribution in [-0.2, 0) is 11.2 Å². The molecule has 1 aromatic heterocycles. The highest BCUT2D eigenvalue weighted by molar-refractivity contribution is 5.19. The molecule has 1 saturated carbocycles. The lowest BCUT2D eigenvalue weighted by atomic mass is 9.85. The van der Waals surface area contributed by atoms with Gasteiger partial charge in [-0.1, -0.05) is 42.4 Å². The van der Waals surface area contributed by atoms with E-state index in [2.05, 4.69) is 52.7 Å². The van der Waals surface area contributed by atoms with Gasteiger partial charge in [0.15, 0.2) is 5.82 Å². The van der Waals surface area contributed by atoms with Gasteiger partial charge in [-0.3, -0.25) is 0 Å². The molecule has 1 aliphatic carbocycles. The number of aryl methyl sites for hydroxylation is 1. The van der Waals surface area contributed by atoms with Crippen molar-refractivity contribution in [2.45, 2.75) is 63.5 Å². The van der Waals surface area contributed by atoms with Gasteiger partial charge in [-0.05, 0) is 37.7 Å². The van der Waals surface area contributed by atoms with Gasteiger partial charge < -0.3 is 14.6 Å². The lowest BCUT2D eigenvalue weighted by Gasteiger charge is -2.29. The predicted molar refractivity (Wildman–Crippen MR) is 99.9 cm³/mol. The summed E-state index contributed by atoms with van der Waals surface area (Å²) in [4.78, 5) is 4.52. The monoisotopic (exact) mass is 355 g/mol.